The Hall–Kier alpha value is -3.06. The fraction of sp³-hybridized carbons (Fsp3) is 0.250. The molecule has 0 aromatic heterocycles. The Morgan fingerprint density at radius 2 is 1.96 bits per heavy atom. The van der Waals surface area contributed by atoms with Crippen LogP contribution in [0.3, 0.4) is 0 Å². The Kier molecular flexibility index (Phi) is 7.83. The van der Waals surface area contributed by atoms with Gasteiger partial charge in [0, 0.05) is 23.6 Å². The molecule has 2 aromatic rings. The topological polar surface area (TPSA) is 100 Å². The van der Waals surface area contributed by atoms with Crippen LogP contribution in [0.1, 0.15) is 30.9 Å². The van der Waals surface area contributed by atoms with Crippen molar-refractivity contribution in [3.63, 3.8) is 0 Å². The summed E-state index contributed by atoms with van der Waals surface area (Å²) in [4.78, 5) is 23.8. The van der Waals surface area contributed by atoms with E-state index < -0.39 is 5.91 Å². The molecule has 0 bridgehead atoms. The normalized spacial score (nSPS) is 10.7. The summed E-state index contributed by atoms with van der Waals surface area (Å²) in [6.45, 7) is 4.03. The third-order valence-electron chi connectivity index (χ3n) is 3.81. The molecule has 0 radical (unpaired) electrons. The minimum atomic E-state index is -0.391. The first kappa shape index (κ1) is 21.2. The molecule has 0 atom stereocenters. The van der Waals surface area contributed by atoms with E-state index in [2.05, 4.69) is 15.8 Å². The van der Waals surface area contributed by atoms with Crippen molar-refractivity contribution in [2.45, 2.75) is 26.7 Å². The second kappa shape index (κ2) is 10.3. The molecule has 3 N–H and O–H groups in total. The highest BCUT2D eigenvalue weighted by Crippen LogP contribution is 2.26. The van der Waals surface area contributed by atoms with Crippen LogP contribution in [0.4, 0.5) is 5.69 Å². The lowest BCUT2D eigenvalue weighted by molar-refractivity contribution is -0.124. The molecule has 7 nitrogen and oxygen atoms in total. The van der Waals surface area contributed by atoms with Gasteiger partial charge in [-0.25, -0.2) is 5.43 Å². The number of aromatic hydroxyl groups is 1. The molecule has 2 rings (SSSR count). The largest absolute Gasteiger partial charge is 0.504 e. The molecule has 0 aliphatic heterocycles. The average molecular weight is 404 g/mol. The van der Waals surface area contributed by atoms with Gasteiger partial charge in [-0.1, -0.05) is 17.7 Å². The Morgan fingerprint density at radius 3 is 2.71 bits per heavy atom. The minimum absolute atomic E-state index is 0.0113. The first-order chi connectivity index (χ1) is 13.4. The molecule has 0 fully saturated rings. The fourth-order valence-electron chi connectivity index (χ4n) is 2.30. The maximum atomic E-state index is 12.0. The molecular weight excluding hydrogens is 382 g/mol. The zero-order valence-electron chi connectivity index (χ0n) is 15.7. The average Bonchev–Trinajstić information content (AvgIpc) is 2.66. The molecule has 0 spiro atoms. The minimum Gasteiger partial charge on any atom is -0.504 e. The number of benzene rings is 2. The Balaban J connectivity index is 1.81. The first-order valence-corrected chi connectivity index (χ1v) is 9.11. The van der Waals surface area contributed by atoms with Gasteiger partial charge in [0.25, 0.3) is 0 Å². The molecule has 0 unspecified atom stereocenters. The number of hydrogen-bond donors (Lipinski definition) is 3. The summed E-state index contributed by atoms with van der Waals surface area (Å²) >= 11 is 6.02. The quantitative estimate of drug-likeness (QED) is 0.463. The van der Waals surface area contributed by atoms with Gasteiger partial charge in [0.05, 0.1) is 12.8 Å². The van der Waals surface area contributed by atoms with Crippen molar-refractivity contribution in [3.05, 3.63) is 52.5 Å². The molecule has 2 aromatic carbocycles. The van der Waals surface area contributed by atoms with Crippen LogP contribution in [0.5, 0.6) is 11.5 Å². The van der Waals surface area contributed by atoms with Gasteiger partial charge >= 0.3 is 0 Å². The molecule has 8 heteroatoms. The van der Waals surface area contributed by atoms with E-state index in [1.54, 1.807) is 37.3 Å². The van der Waals surface area contributed by atoms with E-state index in [1.807, 2.05) is 6.92 Å². The maximum Gasteiger partial charge on any atom is 0.240 e. The Morgan fingerprint density at radius 1 is 1.21 bits per heavy atom. The molecular formula is C20H22ClN3O4. The molecule has 2 amide bonds. The van der Waals surface area contributed by atoms with E-state index in [9.17, 15) is 14.7 Å². The molecule has 0 aliphatic carbocycles. The predicted octanol–water partition coefficient (Wildman–Crippen LogP) is 3.62. The number of nitrogens with one attached hydrogen (secondary N) is 2. The van der Waals surface area contributed by atoms with Crippen molar-refractivity contribution in [2.24, 2.45) is 5.10 Å². The van der Waals surface area contributed by atoms with Crippen molar-refractivity contribution < 1.29 is 19.4 Å². The number of phenols is 1. The van der Waals surface area contributed by atoms with Gasteiger partial charge < -0.3 is 15.2 Å². The number of nitrogens with zero attached hydrogens (tertiary/aromatic N) is 1. The van der Waals surface area contributed by atoms with Crippen LogP contribution in [0.25, 0.3) is 0 Å². The van der Waals surface area contributed by atoms with Gasteiger partial charge in [-0.2, -0.15) is 5.10 Å². The van der Waals surface area contributed by atoms with E-state index in [0.717, 1.165) is 5.56 Å². The van der Waals surface area contributed by atoms with E-state index in [0.29, 0.717) is 28.6 Å². The number of carbonyl (C=O) groups is 2. The van der Waals surface area contributed by atoms with Crippen molar-refractivity contribution in [1.29, 1.82) is 0 Å². The highest BCUT2D eigenvalue weighted by atomic mass is 35.5. The summed E-state index contributed by atoms with van der Waals surface area (Å²) in [7, 11) is 0. The number of anilines is 1. The zero-order chi connectivity index (χ0) is 20.5. The van der Waals surface area contributed by atoms with E-state index in [4.69, 9.17) is 16.3 Å². The van der Waals surface area contributed by atoms with Gasteiger partial charge in [-0.15, -0.1) is 0 Å². The lowest BCUT2D eigenvalue weighted by Crippen LogP contribution is -2.20. The van der Waals surface area contributed by atoms with Crippen LogP contribution in [0.2, 0.25) is 5.02 Å². The molecule has 0 saturated carbocycles. The van der Waals surface area contributed by atoms with Crippen LogP contribution in [-0.2, 0) is 9.59 Å². The molecule has 148 valence electrons. The van der Waals surface area contributed by atoms with Crippen LogP contribution in [0.15, 0.2) is 41.5 Å². The first-order valence-electron chi connectivity index (χ1n) is 8.73. The van der Waals surface area contributed by atoms with Crippen LogP contribution < -0.4 is 15.5 Å². The lowest BCUT2D eigenvalue weighted by Gasteiger charge is -2.09. The number of rotatable bonds is 8. The second-order valence-electron chi connectivity index (χ2n) is 5.91. The summed E-state index contributed by atoms with van der Waals surface area (Å²) in [5.74, 6) is -0.308. The standard InChI is InChI=1S/C20H22ClN3O4/c1-3-28-18-11-14(7-8-17(18)25)12-22-24-20(27)10-9-19(26)23-16-6-4-5-15(21)13(16)2/h4-8,11-12,25H,3,9-10H2,1-2H3,(H,23,26)(H,24,27)/b22-12-. The van der Waals surface area contributed by atoms with Crippen molar-refractivity contribution >= 4 is 35.3 Å². The van der Waals surface area contributed by atoms with Crippen LogP contribution >= 0.6 is 11.6 Å². The van der Waals surface area contributed by atoms with E-state index in [-0.39, 0.29) is 24.5 Å². The SMILES string of the molecule is CCOc1cc(/C=N\NC(=O)CCC(=O)Nc2cccc(Cl)c2C)ccc1O. The van der Waals surface area contributed by atoms with Gasteiger partial charge in [0.1, 0.15) is 0 Å². The number of hydrogen-bond acceptors (Lipinski definition) is 5. The number of amides is 2. The smallest absolute Gasteiger partial charge is 0.240 e. The summed E-state index contributed by atoms with van der Waals surface area (Å²) in [6.07, 6.45) is 1.43. The van der Waals surface area contributed by atoms with E-state index in [1.165, 1.54) is 12.3 Å². The van der Waals surface area contributed by atoms with Crippen LogP contribution in [0, 0.1) is 6.92 Å². The van der Waals surface area contributed by atoms with Gasteiger partial charge in [-0.05, 0) is 55.3 Å². The van der Waals surface area contributed by atoms with Crippen molar-refractivity contribution in [2.75, 3.05) is 11.9 Å². The number of hydrazone groups is 1. The highest BCUT2D eigenvalue weighted by molar-refractivity contribution is 6.31. The highest BCUT2D eigenvalue weighted by Gasteiger charge is 2.09. The Bertz CT molecular complexity index is 884. The Labute approximate surface area is 168 Å². The van der Waals surface area contributed by atoms with E-state index >= 15 is 0 Å². The number of carbonyl (C=O) groups excluding carboxylic acids is 2. The molecule has 0 saturated heterocycles. The van der Waals surface area contributed by atoms with Gasteiger partial charge in [-0.3, -0.25) is 9.59 Å². The summed E-state index contributed by atoms with van der Waals surface area (Å²) in [6, 6.07) is 9.95. The monoisotopic (exact) mass is 403 g/mol. The van der Waals surface area contributed by atoms with Crippen molar-refractivity contribution in [1.82, 2.24) is 5.43 Å². The third kappa shape index (κ3) is 6.28. The van der Waals surface area contributed by atoms with Gasteiger partial charge in [0.2, 0.25) is 11.8 Å². The summed E-state index contributed by atoms with van der Waals surface area (Å²) in [5, 5.41) is 16.8. The fourth-order valence-corrected chi connectivity index (χ4v) is 2.47. The second-order valence-corrected chi connectivity index (χ2v) is 6.32. The molecule has 0 aliphatic rings. The number of ether oxygens (including phenoxy) is 1. The zero-order valence-corrected chi connectivity index (χ0v) is 16.4. The predicted molar refractivity (Wildman–Crippen MR) is 109 cm³/mol. The maximum absolute atomic E-state index is 12.0. The number of phenolic OH excluding ortho intramolecular Hbond substituents is 1. The number of halogens is 1. The molecule has 0 heterocycles. The van der Waals surface area contributed by atoms with Crippen molar-refractivity contribution in [3.8, 4) is 11.5 Å². The lowest BCUT2D eigenvalue weighted by atomic mass is 10.2. The third-order valence-corrected chi connectivity index (χ3v) is 4.22. The van der Waals surface area contributed by atoms with Gasteiger partial charge in [0.15, 0.2) is 11.5 Å². The summed E-state index contributed by atoms with van der Waals surface area (Å²) in [5.41, 5.74) is 4.40. The van der Waals surface area contributed by atoms with Crippen LogP contribution in [-0.4, -0.2) is 29.7 Å². The molecule has 28 heavy (non-hydrogen) atoms. The summed E-state index contributed by atoms with van der Waals surface area (Å²) < 4.78 is 5.28.